The van der Waals surface area contributed by atoms with E-state index < -0.39 is 18.0 Å². The van der Waals surface area contributed by atoms with Gasteiger partial charge in [-0.25, -0.2) is 4.39 Å². The summed E-state index contributed by atoms with van der Waals surface area (Å²) in [4.78, 5) is 13.2. The molecule has 1 aliphatic rings. The summed E-state index contributed by atoms with van der Waals surface area (Å²) in [7, 11) is 1.69. The maximum Gasteiger partial charge on any atom is 0.263 e. The quantitative estimate of drug-likeness (QED) is 0.887. The van der Waals surface area contributed by atoms with Crippen molar-refractivity contribution in [3.63, 3.8) is 0 Å². The van der Waals surface area contributed by atoms with E-state index in [-0.39, 0.29) is 11.7 Å². The van der Waals surface area contributed by atoms with E-state index in [1.807, 2.05) is 0 Å². The van der Waals surface area contributed by atoms with Crippen LogP contribution < -0.4 is 4.74 Å². The average Bonchev–Trinajstić information content (AvgIpc) is 2.63. The minimum absolute atomic E-state index is 0.0491. The number of nitrogens with zero attached hydrogens (tertiary/aromatic N) is 1. The largest absolute Gasteiger partial charge is 0.477 e. The van der Waals surface area contributed by atoms with Crippen molar-refractivity contribution in [1.82, 2.24) is 4.90 Å². The van der Waals surface area contributed by atoms with E-state index in [1.54, 1.807) is 24.9 Å². The van der Waals surface area contributed by atoms with E-state index in [4.69, 9.17) is 4.74 Å². The summed E-state index contributed by atoms with van der Waals surface area (Å²) in [6.07, 6.45) is -0.776. The van der Waals surface area contributed by atoms with Crippen molar-refractivity contribution in [2.24, 2.45) is 0 Å². The van der Waals surface area contributed by atoms with Crippen LogP contribution in [0.3, 0.4) is 0 Å². The normalized spacial score (nSPS) is 21.2. The van der Waals surface area contributed by atoms with Crippen LogP contribution in [-0.2, 0) is 4.79 Å². The number of rotatable bonds is 3. The smallest absolute Gasteiger partial charge is 0.263 e. The zero-order valence-corrected chi connectivity index (χ0v) is 10.4. The van der Waals surface area contributed by atoms with Crippen LogP contribution >= 0.6 is 0 Å². The van der Waals surface area contributed by atoms with Crippen molar-refractivity contribution in [1.29, 1.82) is 0 Å². The Bertz CT molecular complexity index is 462. The van der Waals surface area contributed by atoms with E-state index in [1.165, 1.54) is 12.1 Å². The fourth-order valence-electron chi connectivity index (χ4n) is 1.93. The Morgan fingerprint density at radius 2 is 2.28 bits per heavy atom. The van der Waals surface area contributed by atoms with Gasteiger partial charge in [0.05, 0.1) is 6.10 Å². The van der Waals surface area contributed by atoms with Crippen molar-refractivity contribution in [3.8, 4) is 5.75 Å². The second-order valence-electron chi connectivity index (χ2n) is 4.52. The summed E-state index contributed by atoms with van der Waals surface area (Å²) >= 11 is 0. The zero-order chi connectivity index (χ0) is 13.3. The molecule has 2 rings (SSSR count). The lowest BCUT2D eigenvalue weighted by Gasteiger charge is -2.14. The van der Waals surface area contributed by atoms with Gasteiger partial charge in [-0.05, 0) is 24.6 Å². The van der Waals surface area contributed by atoms with Gasteiger partial charge in [-0.2, -0.15) is 0 Å². The molecule has 1 aromatic rings. The second-order valence-corrected chi connectivity index (χ2v) is 4.52. The maximum atomic E-state index is 13.7. The molecule has 1 aliphatic heterocycles. The van der Waals surface area contributed by atoms with E-state index >= 15 is 0 Å². The van der Waals surface area contributed by atoms with Gasteiger partial charge in [-0.3, -0.25) is 4.79 Å². The Hall–Kier alpha value is -1.62. The third-order valence-electron chi connectivity index (χ3n) is 3.09. The minimum Gasteiger partial charge on any atom is -0.477 e. The summed E-state index contributed by atoms with van der Waals surface area (Å²) in [5.74, 6) is -0.641. The number of benzene rings is 1. The molecule has 0 saturated carbocycles. The van der Waals surface area contributed by atoms with Crippen molar-refractivity contribution in [3.05, 3.63) is 29.6 Å². The van der Waals surface area contributed by atoms with Gasteiger partial charge in [0.15, 0.2) is 17.7 Å². The van der Waals surface area contributed by atoms with Gasteiger partial charge in [0.1, 0.15) is 0 Å². The second kappa shape index (κ2) is 4.94. The highest BCUT2D eigenvalue weighted by Crippen LogP contribution is 2.25. The number of halogens is 1. The number of aliphatic hydroxyl groups is 1. The van der Waals surface area contributed by atoms with Crippen LogP contribution in [0.25, 0.3) is 0 Å². The number of likely N-dealkylation sites (tertiary alicyclic amines) is 1. The first-order valence-corrected chi connectivity index (χ1v) is 5.88. The molecule has 4 nitrogen and oxygen atoms in total. The first-order valence-electron chi connectivity index (χ1n) is 5.88. The van der Waals surface area contributed by atoms with E-state index in [9.17, 15) is 14.3 Å². The Kier molecular flexibility index (Phi) is 3.52. The monoisotopic (exact) mass is 253 g/mol. The molecular weight excluding hydrogens is 237 g/mol. The number of carbonyl (C=O) groups is 1. The fraction of sp³-hybridized carbons (Fsp3) is 0.462. The molecular formula is C13H16FNO3. The van der Waals surface area contributed by atoms with Gasteiger partial charge in [0.2, 0.25) is 0 Å². The summed E-state index contributed by atoms with van der Waals surface area (Å²) in [5, 5.41) is 9.33. The number of amides is 1. The molecule has 0 bridgehead atoms. The molecule has 1 heterocycles. The summed E-state index contributed by atoms with van der Waals surface area (Å²) in [6.45, 7) is 2.18. The molecule has 0 aromatic heterocycles. The molecule has 5 heteroatoms. The van der Waals surface area contributed by atoms with E-state index in [0.29, 0.717) is 18.5 Å². The first-order chi connectivity index (χ1) is 8.49. The van der Waals surface area contributed by atoms with Crippen LogP contribution in [0, 0.1) is 5.82 Å². The van der Waals surface area contributed by atoms with Crippen LogP contribution in [-0.4, -0.2) is 35.6 Å². The minimum atomic E-state index is -0.729. The Labute approximate surface area is 105 Å². The molecule has 1 fully saturated rings. The van der Waals surface area contributed by atoms with Crippen LogP contribution in [0.5, 0.6) is 5.75 Å². The summed E-state index contributed by atoms with van der Waals surface area (Å²) in [6, 6.07) is 4.26. The number of aliphatic hydroxyl groups excluding tert-OH is 1. The third-order valence-corrected chi connectivity index (χ3v) is 3.09. The van der Waals surface area contributed by atoms with E-state index in [0.717, 1.165) is 0 Å². The molecule has 98 valence electrons. The van der Waals surface area contributed by atoms with Crippen LogP contribution in [0.15, 0.2) is 18.2 Å². The van der Waals surface area contributed by atoms with Crippen molar-refractivity contribution >= 4 is 5.91 Å². The topological polar surface area (TPSA) is 49.8 Å². The number of hydrogen-bond donors (Lipinski definition) is 1. The maximum absolute atomic E-state index is 13.7. The molecule has 0 spiro atoms. The lowest BCUT2D eigenvalue weighted by Crippen LogP contribution is -2.29. The lowest BCUT2D eigenvalue weighted by atomic mass is 10.1. The highest BCUT2D eigenvalue weighted by atomic mass is 19.1. The molecule has 1 N–H and O–H groups in total. The van der Waals surface area contributed by atoms with Gasteiger partial charge < -0.3 is 14.7 Å². The van der Waals surface area contributed by atoms with Gasteiger partial charge in [-0.15, -0.1) is 0 Å². The highest BCUT2D eigenvalue weighted by molar-refractivity contribution is 5.83. The van der Waals surface area contributed by atoms with Crippen LogP contribution in [0.2, 0.25) is 0 Å². The number of hydrogen-bond acceptors (Lipinski definition) is 3. The molecule has 1 saturated heterocycles. The predicted octanol–water partition coefficient (Wildman–Crippen LogP) is 1.49. The van der Waals surface area contributed by atoms with Crippen molar-refractivity contribution in [2.45, 2.75) is 25.6 Å². The molecule has 1 aromatic carbocycles. The van der Waals surface area contributed by atoms with E-state index in [2.05, 4.69) is 0 Å². The number of likely N-dealkylation sites (N-methyl/N-ethyl adjacent to an activating group) is 1. The summed E-state index contributed by atoms with van der Waals surface area (Å²) < 4.78 is 19.1. The first kappa shape index (κ1) is 12.8. The van der Waals surface area contributed by atoms with Gasteiger partial charge >= 0.3 is 0 Å². The molecule has 0 radical (unpaired) electrons. The van der Waals surface area contributed by atoms with Crippen molar-refractivity contribution in [2.75, 3.05) is 13.6 Å². The van der Waals surface area contributed by atoms with Crippen LogP contribution in [0.4, 0.5) is 4.39 Å². The van der Waals surface area contributed by atoms with Crippen LogP contribution in [0.1, 0.15) is 25.0 Å². The summed E-state index contributed by atoms with van der Waals surface area (Å²) in [5.41, 5.74) is 0.481. The highest BCUT2D eigenvalue weighted by Gasteiger charge is 2.31. The van der Waals surface area contributed by atoms with Gasteiger partial charge in [-0.1, -0.05) is 6.07 Å². The standard InChI is InChI=1S/C13H16FNO3/c1-8(16)9-3-4-11(10(14)7-9)18-12-5-6-15(2)13(12)17/h3-4,7-8,12,16H,5-6H2,1-2H3/t8-,12?/m0/s1. The molecule has 1 amide bonds. The Balaban J connectivity index is 2.13. The predicted molar refractivity (Wildman–Crippen MR) is 63.7 cm³/mol. The molecule has 0 aliphatic carbocycles. The van der Waals surface area contributed by atoms with Gasteiger partial charge in [0, 0.05) is 20.0 Å². The zero-order valence-electron chi connectivity index (χ0n) is 10.4. The Morgan fingerprint density at radius 3 is 2.78 bits per heavy atom. The number of carbonyl (C=O) groups excluding carboxylic acids is 1. The Morgan fingerprint density at radius 1 is 1.56 bits per heavy atom. The SMILES string of the molecule is C[C@H](O)c1ccc(OC2CCN(C)C2=O)c(F)c1. The molecule has 18 heavy (non-hydrogen) atoms. The van der Waals surface area contributed by atoms with Crippen molar-refractivity contribution < 1.29 is 19.0 Å². The fourth-order valence-corrected chi connectivity index (χ4v) is 1.93. The average molecular weight is 253 g/mol. The number of ether oxygens (including phenoxy) is 1. The molecule has 1 unspecified atom stereocenters. The molecule has 2 atom stereocenters. The third kappa shape index (κ3) is 2.46. The lowest BCUT2D eigenvalue weighted by molar-refractivity contribution is -0.132. The van der Waals surface area contributed by atoms with Gasteiger partial charge in [0.25, 0.3) is 5.91 Å².